The van der Waals surface area contributed by atoms with Crippen molar-refractivity contribution in [3.8, 4) is 17.2 Å². The van der Waals surface area contributed by atoms with Gasteiger partial charge in [0.2, 0.25) is 0 Å². The quantitative estimate of drug-likeness (QED) is 0.867. The molecule has 4 nitrogen and oxygen atoms in total. The minimum absolute atomic E-state index is 0.0559. The predicted molar refractivity (Wildman–Crippen MR) is 98.8 cm³/mol. The van der Waals surface area contributed by atoms with Crippen LogP contribution in [0.5, 0.6) is 17.2 Å². The van der Waals surface area contributed by atoms with Gasteiger partial charge in [-0.2, -0.15) is 0 Å². The molecular formula is C21H24O4. The number of rotatable bonds is 4. The third-order valence-corrected chi connectivity index (χ3v) is 4.71. The van der Waals surface area contributed by atoms with Crippen molar-refractivity contribution in [3.05, 3.63) is 53.1 Å². The molecule has 2 aromatic carbocycles. The van der Waals surface area contributed by atoms with Crippen molar-refractivity contribution in [2.45, 2.75) is 39.4 Å². The number of benzene rings is 2. The zero-order valence-corrected chi connectivity index (χ0v) is 15.1. The molecule has 1 aliphatic heterocycles. The second-order valence-electron chi connectivity index (χ2n) is 6.65. The van der Waals surface area contributed by atoms with Gasteiger partial charge in [0.15, 0.2) is 0 Å². The highest BCUT2D eigenvalue weighted by atomic mass is 16.5. The summed E-state index contributed by atoms with van der Waals surface area (Å²) in [5.74, 6) is 1.44. The summed E-state index contributed by atoms with van der Waals surface area (Å²) in [4.78, 5) is 0. The van der Waals surface area contributed by atoms with E-state index in [-0.39, 0.29) is 12.4 Å². The number of aromatic hydroxyl groups is 1. The summed E-state index contributed by atoms with van der Waals surface area (Å²) in [6.45, 7) is 5.86. The fourth-order valence-electron chi connectivity index (χ4n) is 3.58. The maximum atomic E-state index is 10.1. The molecule has 3 rings (SSSR count). The van der Waals surface area contributed by atoms with Crippen molar-refractivity contribution in [3.63, 3.8) is 0 Å². The Balaban J connectivity index is 2.26. The van der Waals surface area contributed by atoms with Gasteiger partial charge in [-0.1, -0.05) is 19.1 Å². The molecule has 0 bridgehead atoms. The summed E-state index contributed by atoms with van der Waals surface area (Å²) in [6.07, 6.45) is 0.816. The molecule has 0 radical (unpaired) electrons. The van der Waals surface area contributed by atoms with Gasteiger partial charge in [0, 0.05) is 11.1 Å². The summed E-state index contributed by atoms with van der Waals surface area (Å²) in [6, 6.07) is 11.4. The Bertz CT molecular complexity index is 817. The maximum absolute atomic E-state index is 10.1. The minimum Gasteiger partial charge on any atom is -0.507 e. The van der Waals surface area contributed by atoms with Crippen LogP contribution in [0, 0.1) is 0 Å². The van der Waals surface area contributed by atoms with Crippen LogP contribution in [0.2, 0.25) is 0 Å². The number of phenols is 1. The number of aliphatic hydroxyl groups is 1. The Morgan fingerprint density at radius 1 is 1.08 bits per heavy atom. The minimum atomic E-state index is -0.593. The first-order valence-corrected chi connectivity index (χ1v) is 8.46. The van der Waals surface area contributed by atoms with Crippen LogP contribution in [-0.2, 0) is 6.61 Å². The molecule has 4 heteroatoms. The topological polar surface area (TPSA) is 58.9 Å². The van der Waals surface area contributed by atoms with Gasteiger partial charge in [-0.05, 0) is 55.7 Å². The number of ether oxygens (including phenoxy) is 2. The zero-order valence-electron chi connectivity index (χ0n) is 15.1. The van der Waals surface area contributed by atoms with Crippen LogP contribution in [0.3, 0.4) is 0 Å². The average Bonchev–Trinajstić information content (AvgIpc) is 2.60. The SMILES string of the molecule is CCC1=C(c2ccc(OC)cc2)C(C)(C)Oc2c1ccc(O)c2CO. The van der Waals surface area contributed by atoms with Crippen LogP contribution in [0.1, 0.15) is 43.9 Å². The molecule has 2 N–H and O–H groups in total. The van der Waals surface area contributed by atoms with Gasteiger partial charge in [0.05, 0.1) is 19.3 Å². The van der Waals surface area contributed by atoms with Crippen molar-refractivity contribution in [1.29, 1.82) is 0 Å². The van der Waals surface area contributed by atoms with Crippen LogP contribution < -0.4 is 9.47 Å². The number of hydrogen-bond donors (Lipinski definition) is 2. The van der Waals surface area contributed by atoms with E-state index in [1.165, 1.54) is 0 Å². The van der Waals surface area contributed by atoms with Crippen molar-refractivity contribution in [2.75, 3.05) is 7.11 Å². The molecule has 0 spiro atoms. The van der Waals surface area contributed by atoms with Crippen molar-refractivity contribution < 1.29 is 19.7 Å². The van der Waals surface area contributed by atoms with E-state index in [9.17, 15) is 10.2 Å². The lowest BCUT2D eigenvalue weighted by Crippen LogP contribution is -2.34. The van der Waals surface area contributed by atoms with Crippen molar-refractivity contribution in [2.24, 2.45) is 0 Å². The number of methoxy groups -OCH3 is 1. The molecule has 2 aromatic rings. The second kappa shape index (κ2) is 6.45. The second-order valence-corrected chi connectivity index (χ2v) is 6.65. The van der Waals surface area contributed by atoms with Crippen LogP contribution in [0.25, 0.3) is 11.1 Å². The van der Waals surface area contributed by atoms with E-state index >= 15 is 0 Å². The molecule has 1 heterocycles. The number of hydrogen-bond acceptors (Lipinski definition) is 4. The van der Waals surface area contributed by atoms with E-state index in [2.05, 4.69) is 6.92 Å². The van der Waals surface area contributed by atoms with Gasteiger partial charge in [-0.3, -0.25) is 0 Å². The molecule has 132 valence electrons. The van der Waals surface area contributed by atoms with E-state index in [1.54, 1.807) is 13.2 Å². The van der Waals surface area contributed by atoms with E-state index in [0.29, 0.717) is 11.3 Å². The molecule has 0 atom stereocenters. The Kier molecular flexibility index (Phi) is 4.48. The molecule has 0 unspecified atom stereocenters. The fourth-order valence-corrected chi connectivity index (χ4v) is 3.58. The lowest BCUT2D eigenvalue weighted by Gasteiger charge is -2.38. The number of allylic oxidation sites excluding steroid dienone is 1. The highest BCUT2D eigenvalue weighted by Gasteiger charge is 2.36. The summed E-state index contributed by atoms with van der Waals surface area (Å²) in [7, 11) is 1.65. The van der Waals surface area contributed by atoms with Crippen molar-refractivity contribution >= 4 is 11.1 Å². The van der Waals surface area contributed by atoms with Gasteiger partial charge in [-0.25, -0.2) is 0 Å². The number of fused-ring (bicyclic) bond motifs is 1. The normalized spacial score (nSPS) is 15.6. The first kappa shape index (κ1) is 17.4. The molecule has 0 fully saturated rings. The van der Waals surface area contributed by atoms with E-state index in [4.69, 9.17) is 9.47 Å². The molecule has 0 aromatic heterocycles. The monoisotopic (exact) mass is 340 g/mol. The summed E-state index contributed by atoms with van der Waals surface area (Å²) in [5.41, 5.74) is 4.11. The highest BCUT2D eigenvalue weighted by Crippen LogP contribution is 2.49. The Hall–Kier alpha value is -2.46. The highest BCUT2D eigenvalue weighted by molar-refractivity contribution is 5.97. The van der Waals surface area contributed by atoms with Gasteiger partial charge in [0.25, 0.3) is 0 Å². The Morgan fingerprint density at radius 3 is 2.32 bits per heavy atom. The summed E-state index contributed by atoms with van der Waals surface area (Å²) < 4.78 is 11.5. The fraction of sp³-hybridized carbons (Fsp3) is 0.333. The average molecular weight is 340 g/mol. The Labute approximate surface area is 148 Å². The summed E-state index contributed by atoms with van der Waals surface area (Å²) in [5, 5.41) is 19.7. The molecule has 0 saturated heterocycles. The zero-order chi connectivity index (χ0) is 18.2. The van der Waals surface area contributed by atoms with Gasteiger partial charge in [-0.15, -0.1) is 0 Å². The maximum Gasteiger partial charge on any atom is 0.137 e. The van der Waals surface area contributed by atoms with E-state index in [0.717, 1.165) is 34.4 Å². The Morgan fingerprint density at radius 2 is 1.76 bits per heavy atom. The first-order valence-electron chi connectivity index (χ1n) is 8.46. The standard InChI is InChI=1S/C21H24O4/c1-5-15-16-10-11-18(23)17(12-22)20(16)25-21(2,3)19(15)13-6-8-14(24-4)9-7-13/h6-11,22-23H,5,12H2,1-4H3. The first-order chi connectivity index (χ1) is 11.9. The van der Waals surface area contributed by atoms with Crippen LogP contribution >= 0.6 is 0 Å². The molecule has 0 amide bonds. The van der Waals surface area contributed by atoms with Crippen LogP contribution in [-0.4, -0.2) is 22.9 Å². The third-order valence-electron chi connectivity index (χ3n) is 4.71. The molecule has 0 saturated carbocycles. The van der Waals surface area contributed by atoms with Gasteiger partial charge < -0.3 is 19.7 Å². The number of aliphatic hydroxyl groups excluding tert-OH is 1. The lowest BCUT2D eigenvalue weighted by atomic mass is 9.80. The smallest absolute Gasteiger partial charge is 0.137 e. The van der Waals surface area contributed by atoms with E-state index in [1.807, 2.05) is 44.2 Å². The molecule has 1 aliphatic rings. The molecule has 25 heavy (non-hydrogen) atoms. The van der Waals surface area contributed by atoms with Crippen LogP contribution in [0.4, 0.5) is 0 Å². The van der Waals surface area contributed by atoms with Gasteiger partial charge >= 0.3 is 0 Å². The summed E-state index contributed by atoms with van der Waals surface area (Å²) >= 11 is 0. The van der Waals surface area contributed by atoms with Crippen LogP contribution in [0.15, 0.2) is 36.4 Å². The largest absolute Gasteiger partial charge is 0.507 e. The predicted octanol–water partition coefficient (Wildman–Crippen LogP) is 4.38. The van der Waals surface area contributed by atoms with Gasteiger partial charge in [0.1, 0.15) is 22.8 Å². The third kappa shape index (κ3) is 2.87. The molecular weight excluding hydrogens is 316 g/mol. The van der Waals surface area contributed by atoms with Crippen molar-refractivity contribution in [1.82, 2.24) is 0 Å². The lowest BCUT2D eigenvalue weighted by molar-refractivity contribution is 0.160. The molecule has 0 aliphatic carbocycles. The van der Waals surface area contributed by atoms with E-state index < -0.39 is 5.60 Å².